The second-order valence-electron chi connectivity index (χ2n) is 7.80. The molecule has 34 heavy (non-hydrogen) atoms. The molecule has 0 aliphatic carbocycles. The summed E-state index contributed by atoms with van der Waals surface area (Å²) in [4.78, 5) is 13.4. The molecule has 4 rings (SSSR count). The molecule has 1 aromatic heterocycles. The molecule has 0 saturated carbocycles. The van der Waals surface area contributed by atoms with E-state index < -0.39 is 59.8 Å². The van der Waals surface area contributed by atoms with E-state index >= 15 is 0 Å². The SMILES string of the molecule is COc1ccc(-c2coc3c(C4O[C@H](CO)[C@@H](O)[C@H](O)[C@H]4O)c(O)c(OC)c(O)c3c2=O)cc1. The highest BCUT2D eigenvalue weighted by atomic mass is 16.5. The molecule has 0 spiro atoms. The molecule has 6 N–H and O–H groups in total. The van der Waals surface area contributed by atoms with Gasteiger partial charge in [0.1, 0.15) is 47.9 Å². The summed E-state index contributed by atoms with van der Waals surface area (Å²) in [5.74, 6) is -1.34. The highest BCUT2D eigenvalue weighted by molar-refractivity contribution is 5.94. The molecule has 1 aliphatic rings. The standard InChI is InChI=1S/C23H24O11/c1-31-10-5-3-9(4-6-10)11-8-33-21-13(15(11)25)17(27)23(32-2)18(28)14(21)22-20(30)19(29)16(26)12(7-24)34-22/h3-6,8,12,16,19-20,22,24,26-30H,7H2,1-2H3/t12-,16-,19+,20-,22?/m1/s1. The molecule has 2 aromatic carbocycles. The second kappa shape index (κ2) is 9.12. The fourth-order valence-corrected chi connectivity index (χ4v) is 4.10. The predicted octanol–water partition coefficient (Wildman–Crippen LogP) is 0.403. The van der Waals surface area contributed by atoms with Crippen molar-refractivity contribution in [1.82, 2.24) is 0 Å². The lowest BCUT2D eigenvalue weighted by Crippen LogP contribution is -2.55. The van der Waals surface area contributed by atoms with Crippen LogP contribution < -0.4 is 14.9 Å². The summed E-state index contributed by atoms with van der Waals surface area (Å²) in [6, 6.07) is 6.50. The van der Waals surface area contributed by atoms with Crippen LogP contribution >= 0.6 is 0 Å². The van der Waals surface area contributed by atoms with Crippen molar-refractivity contribution in [1.29, 1.82) is 0 Å². The Morgan fingerprint density at radius 3 is 2.21 bits per heavy atom. The molecule has 0 amide bonds. The lowest BCUT2D eigenvalue weighted by atomic mass is 9.89. The highest BCUT2D eigenvalue weighted by Gasteiger charge is 2.46. The number of ether oxygens (including phenoxy) is 3. The molecule has 0 bridgehead atoms. The van der Waals surface area contributed by atoms with Crippen molar-refractivity contribution in [2.24, 2.45) is 0 Å². The Kier molecular flexibility index (Phi) is 6.39. The smallest absolute Gasteiger partial charge is 0.204 e. The molecule has 0 radical (unpaired) electrons. The summed E-state index contributed by atoms with van der Waals surface area (Å²) in [6.45, 7) is -0.707. The maximum atomic E-state index is 13.4. The zero-order chi connectivity index (χ0) is 24.7. The maximum Gasteiger partial charge on any atom is 0.204 e. The number of rotatable bonds is 5. The molecule has 5 atom stereocenters. The minimum absolute atomic E-state index is 0.0814. The van der Waals surface area contributed by atoms with Gasteiger partial charge in [-0.15, -0.1) is 0 Å². The first-order valence-corrected chi connectivity index (χ1v) is 10.3. The number of phenols is 2. The van der Waals surface area contributed by atoms with Gasteiger partial charge in [-0.2, -0.15) is 0 Å². The number of methoxy groups -OCH3 is 2. The fraction of sp³-hybridized carbons (Fsp3) is 0.348. The summed E-state index contributed by atoms with van der Waals surface area (Å²) in [6.07, 6.45) is -6.91. The van der Waals surface area contributed by atoms with Crippen LogP contribution in [-0.2, 0) is 4.74 Å². The number of benzene rings is 2. The van der Waals surface area contributed by atoms with Gasteiger partial charge >= 0.3 is 0 Å². The summed E-state index contributed by atoms with van der Waals surface area (Å²) < 4.78 is 21.4. The first kappa shape index (κ1) is 23.8. The zero-order valence-corrected chi connectivity index (χ0v) is 18.2. The number of aliphatic hydroxyl groups excluding tert-OH is 4. The largest absolute Gasteiger partial charge is 0.504 e. The molecule has 182 valence electrons. The molecular weight excluding hydrogens is 452 g/mol. The van der Waals surface area contributed by atoms with Crippen LogP contribution in [0.15, 0.2) is 39.7 Å². The molecule has 2 heterocycles. The molecule has 1 saturated heterocycles. The van der Waals surface area contributed by atoms with Gasteiger partial charge in [0, 0.05) is 0 Å². The van der Waals surface area contributed by atoms with E-state index in [4.69, 9.17) is 18.6 Å². The minimum Gasteiger partial charge on any atom is -0.504 e. The summed E-state index contributed by atoms with van der Waals surface area (Å²) in [7, 11) is 2.64. The Hall–Kier alpha value is -3.35. The van der Waals surface area contributed by atoms with Crippen LogP contribution in [0.4, 0.5) is 0 Å². The van der Waals surface area contributed by atoms with Gasteiger partial charge < -0.3 is 49.3 Å². The molecular formula is C23H24O11. The van der Waals surface area contributed by atoms with Gasteiger partial charge in [0.15, 0.2) is 17.1 Å². The monoisotopic (exact) mass is 476 g/mol. The van der Waals surface area contributed by atoms with E-state index in [2.05, 4.69) is 0 Å². The predicted molar refractivity (Wildman–Crippen MR) is 117 cm³/mol. The third kappa shape index (κ3) is 3.63. The van der Waals surface area contributed by atoms with Crippen molar-refractivity contribution in [2.45, 2.75) is 30.5 Å². The molecule has 1 fully saturated rings. The lowest BCUT2D eigenvalue weighted by molar-refractivity contribution is -0.231. The van der Waals surface area contributed by atoms with Crippen molar-refractivity contribution in [3.63, 3.8) is 0 Å². The fourth-order valence-electron chi connectivity index (χ4n) is 4.10. The topological polar surface area (TPSA) is 179 Å². The summed E-state index contributed by atoms with van der Waals surface area (Å²) >= 11 is 0. The quantitative estimate of drug-likeness (QED) is 0.300. The van der Waals surface area contributed by atoms with Crippen LogP contribution in [0, 0.1) is 0 Å². The van der Waals surface area contributed by atoms with E-state index in [0.717, 1.165) is 13.4 Å². The van der Waals surface area contributed by atoms with Crippen molar-refractivity contribution in [3.8, 4) is 34.1 Å². The van der Waals surface area contributed by atoms with Gasteiger partial charge in [-0.3, -0.25) is 4.79 Å². The number of hydrogen-bond donors (Lipinski definition) is 6. The van der Waals surface area contributed by atoms with Gasteiger partial charge in [0.05, 0.1) is 32.0 Å². The van der Waals surface area contributed by atoms with Crippen LogP contribution in [0.5, 0.6) is 23.0 Å². The van der Waals surface area contributed by atoms with E-state index in [1.54, 1.807) is 24.3 Å². The van der Waals surface area contributed by atoms with Gasteiger partial charge in [-0.1, -0.05) is 12.1 Å². The average molecular weight is 476 g/mol. The van der Waals surface area contributed by atoms with E-state index in [1.165, 1.54) is 7.11 Å². The molecule has 3 aromatic rings. The number of aliphatic hydroxyl groups is 4. The van der Waals surface area contributed by atoms with E-state index in [9.17, 15) is 35.4 Å². The molecule has 1 aliphatic heterocycles. The molecule has 1 unspecified atom stereocenters. The second-order valence-corrected chi connectivity index (χ2v) is 7.80. The number of phenolic OH excluding ortho intramolecular Hbond substituents is 2. The zero-order valence-electron chi connectivity index (χ0n) is 18.2. The van der Waals surface area contributed by atoms with Crippen molar-refractivity contribution in [3.05, 3.63) is 46.3 Å². The van der Waals surface area contributed by atoms with Crippen molar-refractivity contribution < 1.29 is 49.3 Å². The van der Waals surface area contributed by atoms with Gasteiger partial charge in [0.25, 0.3) is 0 Å². The van der Waals surface area contributed by atoms with Crippen LogP contribution in [0.25, 0.3) is 22.1 Å². The third-order valence-corrected chi connectivity index (χ3v) is 5.94. The van der Waals surface area contributed by atoms with E-state index in [-0.39, 0.29) is 22.1 Å². The maximum absolute atomic E-state index is 13.4. The van der Waals surface area contributed by atoms with Crippen LogP contribution in [-0.4, -0.2) is 75.9 Å². The Morgan fingerprint density at radius 1 is 0.941 bits per heavy atom. The third-order valence-electron chi connectivity index (χ3n) is 5.94. The van der Waals surface area contributed by atoms with E-state index in [0.29, 0.717) is 11.3 Å². The minimum atomic E-state index is -1.78. The highest BCUT2D eigenvalue weighted by Crippen LogP contribution is 2.49. The Morgan fingerprint density at radius 2 is 1.62 bits per heavy atom. The van der Waals surface area contributed by atoms with Crippen LogP contribution in [0.3, 0.4) is 0 Å². The Labute approximate surface area is 192 Å². The summed E-state index contributed by atoms with van der Waals surface area (Å²) in [5.41, 5.74) is -0.773. The van der Waals surface area contributed by atoms with Gasteiger partial charge in [0.2, 0.25) is 11.2 Å². The number of hydrogen-bond acceptors (Lipinski definition) is 11. The Balaban J connectivity index is 1.98. The van der Waals surface area contributed by atoms with Crippen LogP contribution in [0.2, 0.25) is 0 Å². The number of fused-ring (bicyclic) bond motifs is 1. The Bertz CT molecular complexity index is 1250. The normalized spacial score (nSPS) is 24.8. The van der Waals surface area contributed by atoms with Gasteiger partial charge in [-0.05, 0) is 17.7 Å². The summed E-state index contributed by atoms with van der Waals surface area (Å²) in [5, 5.41) is 61.6. The van der Waals surface area contributed by atoms with Gasteiger partial charge in [-0.25, -0.2) is 0 Å². The molecule has 11 nitrogen and oxygen atoms in total. The molecule has 11 heteroatoms. The van der Waals surface area contributed by atoms with Crippen LogP contribution in [0.1, 0.15) is 11.7 Å². The van der Waals surface area contributed by atoms with Crippen molar-refractivity contribution >= 4 is 11.0 Å². The number of aromatic hydroxyl groups is 2. The first-order chi connectivity index (χ1) is 16.2. The lowest BCUT2D eigenvalue weighted by Gasteiger charge is -2.40. The van der Waals surface area contributed by atoms with E-state index in [1.807, 2.05) is 0 Å². The first-order valence-electron chi connectivity index (χ1n) is 10.3. The van der Waals surface area contributed by atoms with Crippen molar-refractivity contribution in [2.75, 3.05) is 20.8 Å². The average Bonchev–Trinajstić information content (AvgIpc) is 2.84.